The Morgan fingerprint density at radius 1 is 1.13 bits per heavy atom. The van der Waals surface area contributed by atoms with E-state index >= 15 is 8.78 Å². The molecule has 1 aromatic heterocycles. The second-order valence-electron chi connectivity index (χ2n) is 11.3. The molecule has 3 atom stereocenters. The molecule has 0 amide bonds. The first-order valence-electron chi connectivity index (χ1n) is 14.5. The van der Waals surface area contributed by atoms with Crippen molar-refractivity contribution in [2.45, 2.75) is 56.8 Å². The highest BCUT2D eigenvalue weighted by atomic mass is 19.3. The summed E-state index contributed by atoms with van der Waals surface area (Å²) in [4.78, 5) is 22.9. The number of anilines is 1. The van der Waals surface area contributed by atoms with Gasteiger partial charge in [0, 0.05) is 53.5 Å². The molecule has 248 valence electrons. The molecule has 5 rings (SSSR count). The average Bonchev–Trinajstić information content (AvgIpc) is 3.34. The van der Waals surface area contributed by atoms with Crippen LogP contribution in [0, 0.1) is 11.6 Å². The summed E-state index contributed by atoms with van der Waals surface area (Å²) < 4.78 is 72.5. The Balaban J connectivity index is 0.000000620. The van der Waals surface area contributed by atoms with E-state index in [1.165, 1.54) is 24.0 Å². The molecule has 9 nitrogen and oxygen atoms in total. The second kappa shape index (κ2) is 16.3. The predicted octanol–water partition coefficient (Wildman–Crippen LogP) is 3.64. The molecule has 14 heteroatoms. The summed E-state index contributed by atoms with van der Waals surface area (Å²) in [6, 6.07) is 8.25. The minimum atomic E-state index is -3.44. The number of aliphatic hydroxyl groups excluding tert-OH is 3. The largest absolute Gasteiger partial charge is 0.394 e. The molecular formula is C31H39F5N4O5. The number of likely N-dealkylation sites (tertiary alicyclic amines) is 1. The highest BCUT2D eigenvalue weighted by Gasteiger charge is 2.43. The number of alkyl halides is 3. The van der Waals surface area contributed by atoms with Gasteiger partial charge >= 0.3 is 6.15 Å². The summed E-state index contributed by atoms with van der Waals surface area (Å²) in [5.41, 5.74) is 2.05. The smallest absolute Gasteiger partial charge is 0.373 e. The fraction of sp³-hybridized carbons (Fsp3) is 0.516. The summed E-state index contributed by atoms with van der Waals surface area (Å²) in [7, 11) is 0. The third-order valence-corrected chi connectivity index (χ3v) is 7.72. The van der Waals surface area contributed by atoms with Gasteiger partial charge in [0.1, 0.15) is 18.2 Å². The number of aromatic nitrogens is 1. The van der Waals surface area contributed by atoms with Gasteiger partial charge < -0.3 is 25.6 Å². The number of H-pyrrole nitrogens is 1. The van der Waals surface area contributed by atoms with Crippen LogP contribution in [0.4, 0.5) is 27.6 Å². The third-order valence-electron chi connectivity index (χ3n) is 7.72. The van der Waals surface area contributed by atoms with Crippen LogP contribution < -0.4 is 5.32 Å². The van der Waals surface area contributed by atoms with Crippen molar-refractivity contribution in [3.8, 4) is 0 Å². The quantitative estimate of drug-likeness (QED) is 0.212. The number of carbonyl (C=O) groups excluding carboxylic acids is 2. The van der Waals surface area contributed by atoms with Crippen molar-refractivity contribution in [3.05, 3.63) is 64.9 Å². The molecule has 2 aromatic carbocycles. The normalized spacial score (nSPS) is 19.3. The van der Waals surface area contributed by atoms with E-state index in [4.69, 9.17) is 19.8 Å². The first kappa shape index (κ1) is 36.1. The summed E-state index contributed by atoms with van der Waals surface area (Å²) >= 11 is 0. The molecule has 0 radical (unpaired) electrons. The Morgan fingerprint density at radius 2 is 1.73 bits per heavy atom. The lowest BCUT2D eigenvalue weighted by Crippen LogP contribution is -2.54. The van der Waals surface area contributed by atoms with Gasteiger partial charge in [-0.2, -0.15) is 9.59 Å². The fourth-order valence-corrected chi connectivity index (χ4v) is 5.67. The predicted molar refractivity (Wildman–Crippen MR) is 157 cm³/mol. The van der Waals surface area contributed by atoms with Crippen LogP contribution in [0.3, 0.4) is 0 Å². The summed E-state index contributed by atoms with van der Waals surface area (Å²) in [5.74, 6) is -5.11. The van der Waals surface area contributed by atoms with Crippen molar-refractivity contribution >= 4 is 22.7 Å². The van der Waals surface area contributed by atoms with E-state index in [1.807, 2.05) is 24.3 Å². The van der Waals surface area contributed by atoms with Gasteiger partial charge in [-0.1, -0.05) is 18.2 Å². The van der Waals surface area contributed by atoms with Crippen LogP contribution in [0.1, 0.15) is 43.1 Å². The van der Waals surface area contributed by atoms with Gasteiger partial charge in [-0.15, -0.1) is 0 Å². The number of fused-ring (bicyclic) bond motifs is 3. The van der Waals surface area contributed by atoms with Crippen molar-refractivity contribution in [2.75, 3.05) is 51.4 Å². The Labute approximate surface area is 257 Å². The number of nitrogens with one attached hydrogen (secondary N) is 2. The SMILES string of the molecule is C[C@@H]1Cc2c([nH]c3ccccc23)C(c2c(F)cc(NC3CN(CCCF)C3)cc2F)N1CC(F)(F)CO.C[C@H](O)CO.O=C=O. The number of rotatable bonds is 10. The van der Waals surface area contributed by atoms with Crippen LogP contribution >= 0.6 is 0 Å². The van der Waals surface area contributed by atoms with E-state index in [0.717, 1.165) is 16.5 Å². The van der Waals surface area contributed by atoms with E-state index in [0.29, 0.717) is 38.2 Å². The van der Waals surface area contributed by atoms with E-state index in [9.17, 15) is 18.3 Å². The zero-order valence-corrected chi connectivity index (χ0v) is 25.1. The van der Waals surface area contributed by atoms with Crippen molar-refractivity contribution < 1.29 is 46.9 Å². The number of halogens is 5. The number of para-hydroxylation sites is 1. The number of aromatic amines is 1. The monoisotopic (exact) mass is 642 g/mol. The summed E-state index contributed by atoms with van der Waals surface area (Å²) in [5, 5.41) is 29.3. The standard InChI is InChI=1S/C27H31F5N4O.C3H8O2.CO2/c1-16-9-20-19-5-2-3-6-23(19)34-25(20)26(36(16)14-27(31,32)15-37)24-21(29)10-17(11-22(24)30)33-18-12-35(13-18)8-4-7-28;1-3(5)2-4;2-1-3/h2-3,5-6,10-11,16,18,26,33-34,37H,4,7-9,12-15H2,1H3;3-5H,2H2,1H3;/t16-,26?;3-;/m10./s1. The fourth-order valence-electron chi connectivity index (χ4n) is 5.67. The van der Waals surface area contributed by atoms with Gasteiger partial charge in [0.25, 0.3) is 5.92 Å². The Kier molecular flexibility index (Phi) is 13.0. The molecule has 5 N–H and O–H groups in total. The van der Waals surface area contributed by atoms with E-state index in [2.05, 4.69) is 15.2 Å². The number of aliphatic hydroxyl groups is 3. The number of benzene rings is 2. The van der Waals surface area contributed by atoms with Gasteiger partial charge in [-0.05, 0) is 50.5 Å². The maximum atomic E-state index is 15.7. The lowest BCUT2D eigenvalue weighted by atomic mass is 9.87. The first-order valence-corrected chi connectivity index (χ1v) is 14.5. The lowest BCUT2D eigenvalue weighted by Gasteiger charge is -2.42. The van der Waals surface area contributed by atoms with Crippen molar-refractivity contribution in [3.63, 3.8) is 0 Å². The molecule has 1 saturated heterocycles. The molecular weight excluding hydrogens is 603 g/mol. The summed E-state index contributed by atoms with van der Waals surface area (Å²) in [6.07, 6.45) is 0.558. The van der Waals surface area contributed by atoms with Crippen molar-refractivity contribution in [1.82, 2.24) is 14.8 Å². The molecule has 3 heterocycles. The molecule has 1 fully saturated rings. The minimum absolute atomic E-state index is 0.0148. The second-order valence-corrected chi connectivity index (χ2v) is 11.3. The maximum Gasteiger partial charge on any atom is 0.373 e. The molecule has 0 bridgehead atoms. The first-order chi connectivity index (χ1) is 21.4. The molecule has 45 heavy (non-hydrogen) atoms. The van der Waals surface area contributed by atoms with Crippen LogP contribution in [-0.4, -0.2) is 106 Å². The topological polar surface area (TPSA) is 129 Å². The Morgan fingerprint density at radius 3 is 2.29 bits per heavy atom. The molecule has 0 saturated carbocycles. The van der Waals surface area contributed by atoms with Crippen LogP contribution in [0.5, 0.6) is 0 Å². The van der Waals surface area contributed by atoms with Crippen LogP contribution in [-0.2, 0) is 16.0 Å². The van der Waals surface area contributed by atoms with E-state index in [1.54, 1.807) is 6.92 Å². The minimum Gasteiger partial charge on any atom is -0.394 e. The van der Waals surface area contributed by atoms with Gasteiger partial charge in [0.15, 0.2) is 0 Å². The third kappa shape index (κ3) is 9.09. The van der Waals surface area contributed by atoms with E-state index < -0.39 is 48.9 Å². The average molecular weight is 643 g/mol. The maximum absolute atomic E-state index is 15.7. The Bertz CT molecular complexity index is 1400. The van der Waals surface area contributed by atoms with Gasteiger partial charge in [0.2, 0.25) is 0 Å². The van der Waals surface area contributed by atoms with Crippen molar-refractivity contribution in [1.29, 1.82) is 0 Å². The van der Waals surface area contributed by atoms with E-state index in [-0.39, 0.29) is 36.7 Å². The van der Waals surface area contributed by atoms with Crippen molar-refractivity contribution in [2.24, 2.45) is 0 Å². The van der Waals surface area contributed by atoms with Gasteiger partial charge in [-0.25, -0.2) is 17.6 Å². The number of hydrogen-bond donors (Lipinski definition) is 5. The highest BCUT2D eigenvalue weighted by Crippen LogP contribution is 2.43. The van der Waals surface area contributed by atoms with Crippen LogP contribution in [0.15, 0.2) is 36.4 Å². The number of hydrogen-bond acceptors (Lipinski definition) is 8. The lowest BCUT2D eigenvalue weighted by molar-refractivity contribution is -0.191. The molecule has 2 aliphatic heterocycles. The zero-order chi connectivity index (χ0) is 33.3. The highest BCUT2D eigenvalue weighted by molar-refractivity contribution is 5.85. The van der Waals surface area contributed by atoms with Gasteiger partial charge in [-0.3, -0.25) is 14.2 Å². The molecule has 1 unspecified atom stereocenters. The molecule has 0 spiro atoms. The van der Waals surface area contributed by atoms with Gasteiger partial charge in [0.05, 0.1) is 38.0 Å². The molecule has 3 aromatic rings. The van der Waals surface area contributed by atoms with Crippen LogP contribution in [0.25, 0.3) is 10.9 Å². The zero-order valence-electron chi connectivity index (χ0n) is 25.1. The Hall–Kier alpha value is -3.39. The molecule has 0 aliphatic carbocycles. The van der Waals surface area contributed by atoms with Crippen LogP contribution in [0.2, 0.25) is 0 Å². The molecule has 2 aliphatic rings. The number of nitrogens with zero attached hydrogens (tertiary/aromatic N) is 2. The summed E-state index contributed by atoms with van der Waals surface area (Å²) in [6.45, 7) is 2.48.